The number of carboxylic acids is 1. The van der Waals surface area contributed by atoms with Crippen molar-refractivity contribution >= 4 is 50.8 Å². The van der Waals surface area contributed by atoms with Crippen LogP contribution >= 0.6 is 11.3 Å². The molecular weight excluding hydrogens is 466 g/mol. The fraction of sp³-hybridized carbons (Fsp3) is 0.111. The Labute approximate surface area is 204 Å². The molecule has 3 aromatic heterocycles. The van der Waals surface area contributed by atoms with E-state index in [0.29, 0.717) is 27.6 Å². The summed E-state index contributed by atoms with van der Waals surface area (Å²) in [6, 6.07) is 18.1. The molecule has 0 saturated heterocycles. The van der Waals surface area contributed by atoms with Gasteiger partial charge in [-0.25, -0.2) is 4.79 Å². The van der Waals surface area contributed by atoms with E-state index in [1.807, 2.05) is 49.4 Å². The molecule has 2 aromatic carbocycles. The van der Waals surface area contributed by atoms with Crippen molar-refractivity contribution in [1.82, 2.24) is 0 Å². The molecule has 8 heteroatoms. The van der Waals surface area contributed by atoms with E-state index in [0.717, 1.165) is 17.2 Å². The number of carbonyl (C=O) groups is 2. The maximum Gasteiger partial charge on any atom is 0.339 e. The van der Waals surface area contributed by atoms with Gasteiger partial charge < -0.3 is 24.4 Å². The van der Waals surface area contributed by atoms with Crippen molar-refractivity contribution in [3.05, 3.63) is 89.2 Å². The number of rotatable bonds is 5. The molecule has 3 N–H and O–H groups in total. The van der Waals surface area contributed by atoms with E-state index in [1.165, 1.54) is 11.3 Å². The third-order valence-electron chi connectivity index (χ3n) is 5.05. The molecule has 1 amide bonds. The summed E-state index contributed by atoms with van der Waals surface area (Å²) in [5.41, 5.74) is 1.44. The van der Waals surface area contributed by atoms with E-state index in [-0.39, 0.29) is 17.0 Å². The Bertz CT molecular complexity index is 1470. The summed E-state index contributed by atoms with van der Waals surface area (Å²) < 4.78 is 11.4. The number of benzene rings is 2. The van der Waals surface area contributed by atoms with Crippen LogP contribution < -0.4 is 5.32 Å². The van der Waals surface area contributed by atoms with Crippen molar-refractivity contribution in [1.29, 1.82) is 0 Å². The van der Waals surface area contributed by atoms with Crippen molar-refractivity contribution in [3.63, 3.8) is 0 Å². The minimum absolute atomic E-state index is 0.0153. The van der Waals surface area contributed by atoms with E-state index in [1.54, 1.807) is 36.6 Å². The monoisotopic (exact) mass is 489 g/mol. The summed E-state index contributed by atoms with van der Waals surface area (Å²) >= 11 is 1.20. The van der Waals surface area contributed by atoms with Crippen molar-refractivity contribution in [2.75, 3.05) is 5.32 Å². The Morgan fingerprint density at radius 3 is 2.14 bits per heavy atom. The number of carboxylic acid groups (broad SMARTS) is 1. The molecule has 0 spiro atoms. The van der Waals surface area contributed by atoms with Crippen LogP contribution in [0.5, 0.6) is 0 Å². The summed E-state index contributed by atoms with van der Waals surface area (Å²) in [6.07, 6.45) is 2.68. The summed E-state index contributed by atoms with van der Waals surface area (Å²) in [7, 11) is 0. The van der Waals surface area contributed by atoms with Crippen LogP contribution in [0, 0.1) is 0 Å². The van der Waals surface area contributed by atoms with Gasteiger partial charge in [-0.2, -0.15) is 0 Å². The van der Waals surface area contributed by atoms with Gasteiger partial charge in [-0.05, 0) is 43.7 Å². The summed E-state index contributed by atoms with van der Waals surface area (Å²) in [5.74, 6) is -0.700. The van der Waals surface area contributed by atoms with Crippen LogP contribution in [-0.4, -0.2) is 22.1 Å². The van der Waals surface area contributed by atoms with Gasteiger partial charge in [-0.3, -0.25) is 4.79 Å². The van der Waals surface area contributed by atoms with Gasteiger partial charge in [0.2, 0.25) is 0 Å². The predicted molar refractivity (Wildman–Crippen MR) is 137 cm³/mol. The normalized spacial score (nSPS) is 11.3. The fourth-order valence-corrected chi connectivity index (χ4v) is 4.45. The maximum atomic E-state index is 12.6. The molecule has 0 saturated carbocycles. The largest absolute Gasteiger partial charge is 0.513 e. The number of hydrogen-bond acceptors (Lipinski definition) is 6. The number of anilines is 1. The number of amides is 1. The first-order valence-electron chi connectivity index (χ1n) is 10.9. The minimum Gasteiger partial charge on any atom is -0.513 e. The highest BCUT2D eigenvalue weighted by molar-refractivity contribution is 7.14. The van der Waals surface area contributed by atoms with E-state index in [9.17, 15) is 14.7 Å². The molecular formula is C27H23NO6S. The van der Waals surface area contributed by atoms with Crippen LogP contribution in [0.1, 0.15) is 41.2 Å². The van der Waals surface area contributed by atoms with Gasteiger partial charge in [0.05, 0.1) is 16.3 Å². The Morgan fingerprint density at radius 1 is 0.971 bits per heavy atom. The van der Waals surface area contributed by atoms with E-state index in [4.69, 9.17) is 13.9 Å². The van der Waals surface area contributed by atoms with Crippen molar-refractivity contribution < 1.29 is 28.6 Å². The number of aromatic carboxylic acids is 1. The highest BCUT2D eigenvalue weighted by Crippen LogP contribution is 2.39. The molecule has 35 heavy (non-hydrogen) atoms. The maximum absolute atomic E-state index is 12.6. The number of aliphatic hydroxyl groups is 1. The molecule has 5 aromatic rings. The molecule has 0 unspecified atom stereocenters. The van der Waals surface area contributed by atoms with Crippen LogP contribution in [0.4, 0.5) is 5.69 Å². The van der Waals surface area contributed by atoms with Gasteiger partial charge in [0.25, 0.3) is 5.91 Å². The molecule has 178 valence electrons. The van der Waals surface area contributed by atoms with Crippen LogP contribution in [0.25, 0.3) is 32.6 Å². The molecule has 0 radical (unpaired) electrons. The number of aliphatic hydroxyl groups excluding tert-OH is 1. The van der Waals surface area contributed by atoms with Gasteiger partial charge in [-0.15, -0.1) is 11.3 Å². The minimum atomic E-state index is -1.15. The molecule has 0 aliphatic heterocycles. The number of allylic oxidation sites excluding steroid dienone is 2. The molecule has 0 fully saturated rings. The number of para-hydroxylation sites is 2. The Kier molecular flexibility index (Phi) is 7.03. The van der Waals surface area contributed by atoms with E-state index >= 15 is 0 Å². The van der Waals surface area contributed by atoms with Crippen LogP contribution in [0.2, 0.25) is 0 Å². The summed E-state index contributed by atoms with van der Waals surface area (Å²) in [5, 5.41) is 24.1. The van der Waals surface area contributed by atoms with Crippen LogP contribution in [0.15, 0.2) is 86.7 Å². The lowest BCUT2D eigenvalue weighted by molar-refractivity contribution is 0.0699. The first-order valence-corrected chi connectivity index (χ1v) is 11.7. The standard InChI is InChI=1S/C22H13NO5S.C5H10O/c24-21(18-10-13-6-2-4-8-16(13)28-18)23-14-11-29-20(19(14)22(25)26)17-9-12-5-1-3-7-15(12)27-17;1-3-4-5(2)6/h1-11H,(H,23,24)(H,25,26);4,6H,3H2,1-2H3/b;5-4+. The van der Waals surface area contributed by atoms with E-state index < -0.39 is 11.9 Å². The lowest BCUT2D eigenvalue weighted by Crippen LogP contribution is -2.13. The smallest absolute Gasteiger partial charge is 0.339 e. The van der Waals surface area contributed by atoms with E-state index in [2.05, 4.69) is 5.32 Å². The third-order valence-corrected chi connectivity index (χ3v) is 6.05. The number of thiophene rings is 1. The van der Waals surface area contributed by atoms with Crippen LogP contribution in [0.3, 0.4) is 0 Å². The van der Waals surface area contributed by atoms with Crippen molar-refractivity contribution in [2.24, 2.45) is 0 Å². The molecule has 0 aliphatic rings. The zero-order valence-corrected chi connectivity index (χ0v) is 19.9. The number of furan rings is 2. The van der Waals surface area contributed by atoms with Crippen LogP contribution in [-0.2, 0) is 0 Å². The Morgan fingerprint density at radius 2 is 1.60 bits per heavy atom. The second-order valence-electron chi connectivity index (χ2n) is 7.66. The number of fused-ring (bicyclic) bond motifs is 2. The quantitative estimate of drug-likeness (QED) is 0.218. The lowest BCUT2D eigenvalue weighted by Gasteiger charge is -2.03. The Balaban J connectivity index is 0.000000431. The molecule has 3 heterocycles. The highest BCUT2D eigenvalue weighted by Gasteiger charge is 2.24. The summed E-state index contributed by atoms with van der Waals surface area (Å²) in [4.78, 5) is 25.0. The molecule has 0 aliphatic carbocycles. The zero-order valence-electron chi connectivity index (χ0n) is 19.1. The van der Waals surface area contributed by atoms with Gasteiger partial charge in [-0.1, -0.05) is 43.3 Å². The fourth-order valence-electron chi connectivity index (χ4n) is 3.51. The van der Waals surface area contributed by atoms with Gasteiger partial charge in [0.15, 0.2) is 5.76 Å². The van der Waals surface area contributed by atoms with Gasteiger partial charge in [0, 0.05) is 16.2 Å². The number of carbonyl (C=O) groups excluding carboxylic acids is 1. The van der Waals surface area contributed by atoms with Crippen molar-refractivity contribution in [2.45, 2.75) is 20.3 Å². The average Bonchev–Trinajstić information content (AvgIpc) is 3.55. The first-order chi connectivity index (χ1) is 16.9. The van der Waals surface area contributed by atoms with Crippen molar-refractivity contribution in [3.8, 4) is 10.6 Å². The topological polar surface area (TPSA) is 113 Å². The Hall–Kier alpha value is -4.30. The summed E-state index contributed by atoms with van der Waals surface area (Å²) in [6.45, 7) is 3.66. The second kappa shape index (κ2) is 10.3. The second-order valence-corrected chi connectivity index (χ2v) is 8.54. The van der Waals surface area contributed by atoms with Gasteiger partial charge >= 0.3 is 5.97 Å². The number of nitrogens with one attached hydrogen (secondary N) is 1. The molecule has 0 atom stereocenters. The zero-order chi connectivity index (χ0) is 24.9. The molecule has 0 bridgehead atoms. The predicted octanol–water partition coefficient (Wildman–Crippen LogP) is 7.72. The van der Waals surface area contributed by atoms with Gasteiger partial charge in [0.1, 0.15) is 22.5 Å². The third kappa shape index (κ3) is 5.28. The highest BCUT2D eigenvalue weighted by atomic mass is 32.1. The molecule has 5 rings (SSSR count). The SMILES string of the molecule is CC/C=C(\C)O.O=C(Nc1csc(-c2cc3ccccc3o2)c1C(=O)O)c1cc2ccccc2o1. The molecule has 7 nitrogen and oxygen atoms in total. The average molecular weight is 490 g/mol. The first kappa shape index (κ1) is 23.8. The number of hydrogen-bond donors (Lipinski definition) is 3. The lowest BCUT2D eigenvalue weighted by atomic mass is 10.1.